The van der Waals surface area contributed by atoms with Gasteiger partial charge < -0.3 is 14.5 Å². The highest BCUT2D eigenvalue weighted by Crippen LogP contribution is 2.29. The minimum atomic E-state index is -4.41. The number of nitrogens with zero attached hydrogens (tertiary/aromatic N) is 3. The lowest BCUT2D eigenvalue weighted by atomic mass is 10.0. The molecule has 1 saturated heterocycles. The van der Waals surface area contributed by atoms with E-state index >= 15 is 0 Å². The summed E-state index contributed by atoms with van der Waals surface area (Å²) in [6, 6.07) is 20.1. The van der Waals surface area contributed by atoms with E-state index in [0.717, 1.165) is 23.4 Å². The molecular weight excluding hydrogens is 431 g/mol. The number of amides is 1. The average Bonchev–Trinajstić information content (AvgIpc) is 2.84. The van der Waals surface area contributed by atoms with Gasteiger partial charge in [-0.15, -0.1) is 0 Å². The molecule has 5 nitrogen and oxygen atoms in total. The fourth-order valence-electron chi connectivity index (χ4n) is 3.76. The molecule has 1 aromatic heterocycles. The van der Waals surface area contributed by atoms with Gasteiger partial charge in [0.25, 0.3) is 5.91 Å². The second kappa shape index (κ2) is 9.94. The Labute approximate surface area is 190 Å². The maximum atomic E-state index is 12.7. The predicted octanol–water partition coefficient (Wildman–Crippen LogP) is 4.42. The van der Waals surface area contributed by atoms with E-state index in [1.165, 1.54) is 6.07 Å². The first kappa shape index (κ1) is 22.6. The SMILES string of the molecule is O=C(COc1ccccc1Cc1ccccc1)N1CCN(c2ccc(C(F)(F)F)cn2)CC1. The van der Waals surface area contributed by atoms with E-state index in [1.54, 1.807) is 4.90 Å². The smallest absolute Gasteiger partial charge is 0.417 e. The van der Waals surface area contributed by atoms with E-state index in [0.29, 0.717) is 44.2 Å². The summed E-state index contributed by atoms with van der Waals surface area (Å²) in [7, 11) is 0. The van der Waals surface area contributed by atoms with Gasteiger partial charge in [0.2, 0.25) is 0 Å². The van der Waals surface area contributed by atoms with Crippen LogP contribution in [0.15, 0.2) is 72.9 Å². The van der Waals surface area contributed by atoms with Crippen molar-refractivity contribution in [3.05, 3.63) is 89.6 Å². The Morgan fingerprint density at radius 3 is 2.27 bits per heavy atom. The second-order valence-electron chi connectivity index (χ2n) is 7.83. The quantitative estimate of drug-likeness (QED) is 0.552. The van der Waals surface area contributed by atoms with Crippen LogP contribution in [0.4, 0.5) is 19.0 Å². The lowest BCUT2D eigenvalue weighted by Gasteiger charge is -2.35. The van der Waals surface area contributed by atoms with Crippen LogP contribution < -0.4 is 9.64 Å². The van der Waals surface area contributed by atoms with E-state index in [4.69, 9.17) is 4.74 Å². The molecule has 33 heavy (non-hydrogen) atoms. The monoisotopic (exact) mass is 455 g/mol. The molecule has 8 heteroatoms. The van der Waals surface area contributed by atoms with E-state index in [-0.39, 0.29) is 12.5 Å². The highest BCUT2D eigenvalue weighted by molar-refractivity contribution is 5.78. The zero-order valence-electron chi connectivity index (χ0n) is 18.0. The van der Waals surface area contributed by atoms with Gasteiger partial charge in [0.15, 0.2) is 6.61 Å². The third kappa shape index (κ3) is 5.83. The van der Waals surface area contributed by atoms with E-state index < -0.39 is 11.7 Å². The number of carbonyl (C=O) groups is 1. The van der Waals surface area contributed by atoms with Gasteiger partial charge in [-0.05, 0) is 29.3 Å². The van der Waals surface area contributed by atoms with Gasteiger partial charge in [-0.2, -0.15) is 13.2 Å². The Morgan fingerprint density at radius 1 is 0.909 bits per heavy atom. The van der Waals surface area contributed by atoms with Crippen molar-refractivity contribution in [2.75, 3.05) is 37.7 Å². The summed E-state index contributed by atoms with van der Waals surface area (Å²) in [6.07, 6.45) is -2.85. The maximum Gasteiger partial charge on any atom is 0.417 e. The van der Waals surface area contributed by atoms with Crippen LogP contribution in [0.1, 0.15) is 16.7 Å². The van der Waals surface area contributed by atoms with Crippen LogP contribution in [0.5, 0.6) is 5.75 Å². The van der Waals surface area contributed by atoms with Crippen molar-refractivity contribution in [2.45, 2.75) is 12.6 Å². The maximum absolute atomic E-state index is 12.7. The van der Waals surface area contributed by atoms with Crippen molar-refractivity contribution >= 4 is 11.7 Å². The number of anilines is 1. The molecule has 0 aliphatic carbocycles. The summed E-state index contributed by atoms with van der Waals surface area (Å²) in [5.74, 6) is 1.04. The zero-order valence-corrected chi connectivity index (χ0v) is 18.0. The molecule has 1 aliphatic heterocycles. The number of aromatic nitrogens is 1. The molecule has 172 valence electrons. The number of hydrogen-bond acceptors (Lipinski definition) is 4. The van der Waals surface area contributed by atoms with Crippen molar-refractivity contribution in [1.82, 2.24) is 9.88 Å². The Morgan fingerprint density at radius 2 is 1.61 bits per heavy atom. The van der Waals surface area contributed by atoms with Crippen molar-refractivity contribution in [3.8, 4) is 5.75 Å². The minimum absolute atomic E-state index is 0.0651. The highest BCUT2D eigenvalue weighted by Gasteiger charge is 2.31. The Kier molecular flexibility index (Phi) is 6.82. The molecule has 1 aliphatic rings. The number of pyridine rings is 1. The summed E-state index contributed by atoms with van der Waals surface area (Å²) in [4.78, 5) is 20.2. The number of para-hydroxylation sites is 1. The van der Waals surface area contributed by atoms with Crippen LogP contribution >= 0.6 is 0 Å². The lowest BCUT2D eigenvalue weighted by Crippen LogP contribution is -2.50. The van der Waals surface area contributed by atoms with Crippen LogP contribution in [0.25, 0.3) is 0 Å². The van der Waals surface area contributed by atoms with Crippen LogP contribution in [0, 0.1) is 0 Å². The second-order valence-corrected chi connectivity index (χ2v) is 7.83. The molecule has 0 bridgehead atoms. The van der Waals surface area contributed by atoms with Gasteiger partial charge >= 0.3 is 6.18 Å². The molecular formula is C25H24F3N3O2. The van der Waals surface area contributed by atoms with E-state index in [1.807, 2.05) is 59.5 Å². The Bertz CT molecular complexity index is 1060. The minimum Gasteiger partial charge on any atom is -0.483 e. The molecule has 0 N–H and O–H groups in total. The predicted molar refractivity (Wildman–Crippen MR) is 119 cm³/mol. The Hall–Kier alpha value is -3.55. The standard InChI is InChI=1S/C25H24F3N3O2/c26-25(27,28)21-10-11-23(29-17-21)30-12-14-31(15-13-30)24(32)18-33-22-9-5-4-8-20(22)16-19-6-2-1-3-7-19/h1-11,17H,12-16,18H2. The molecule has 0 unspecified atom stereocenters. The molecule has 4 rings (SSSR count). The summed E-state index contributed by atoms with van der Waals surface area (Å²) < 4.78 is 44.0. The van der Waals surface area contributed by atoms with Crippen molar-refractivity contribution < 1.29 is 22.7 Å². The molecule has 2 aromatic carbocycles. The topological polar surface area (TPSA) is 45.7 Å². The third-order valence-corrected chi connectivity index (χ3v) is 5.59. The summed E-state index contributed by atoms with van der Waals surface area (Å²) in [5.41, 5.74) is 1.40. The zero-order chi connectivity index (χ0) is 23.3. The molecule has 0 atom stereocenters. The molecule has 3 aromatic rings. The molecule has 2 heterocycles. The Balaban J connectivity index is 1.30. The van der Waals surface area contributed by atoms with E-state index in [2.05, 4.69) is 4.98 Å². The molecule has 1 fully saturated rings. The molecule has 1 amide bonds. The number of carbonyl (C=O) groups excluding carboxylic acids is 1. The third-order valence-electron chi connectivity index (χ3n) is 5.59. The molecule has 0 saturated carbocycles. The molecule has 0 radical (unpaired) electrons. The van der Waals surface area contributed by atoms with Crippen molar-refractivity contribution in [1.29, 1.82) is 0 Å². The number of piperazine rings is 1. The first-order chi connectivity index (χ1) is 15.9. The first-order valence-corrected chi connectivity index (χ1v) is 10.7. The number of benzene rings is 2. The fourth-order valence-corrected chi connectivity index (χ4v) is 3.76. The number of hydrogen-bond donors (Lipinski definition) is 0. The van der Waals surface area contributed by atoms with Gasteiger partial charge in [-0.3, -0.25) is 4.79 Å². The number of ether oxygens (including phenoxy) is 1. The number of halogens is 3. The van der Waals surface area contributed by atoms with Gasteiger partial charge in [-0.1, -0.05) is 48.5 Å². The molecule has 0 spiro atoms. The summed E-state index contributed by atoms with van der Waals surface area (Å²) in [5, 5.41) is 0. The fraction of sp³-hybridized carbons (Fsp3) is 0.280. The largest absolute Gasteiger partial charge is 0.483 e. The van der Waals surface area contributed by atoms with Crippen LogP contribution in [-0.2, 0) is 17.4 Å². The summed E-state index contributed by atoms with van der Waals surface area (Å²) >= 11 is 0. The van der Waals surface area contributed by atoms with Gasteiger partial charge in [0, 0.05) is 38.8 Å². The van der Waals surface area contributed by atoms with Gasteiger partial charge in [0.05, 0.1) is 5.56 Å². The number of alkyl halides is 3. The van der Waals surface area contributed by atoms with Crippen molar-refractivity contribution in [2.24, 2.45) is 0 Å². The number of rotatable bonds is 6. The van der Waals surface area contributed by atoms with Gasteiger partial charge in [-0.25, -0.2) is 4.98 Å². The van der Waals surface area contributed by atoms with Gasteiger partial charge in [0.1, 0.15) is 11.6 Å². The van der Waals surface area contributed by atoms with Crippen LogP contribution in [0.2, 0.25) is 0 Å². The summed E-state index contributed by atoms with van der Waals surface area (Å²) in [6.45, 7) is 1.83. The van der Waals surface area contributed by atoms with Crippen LogP contribution in [-0.4, -0.2) is 48.6 Å². The van der Waals surface area contributed by atoms with Crippen molar-refractivity contribution in [3.63, 3.8) is 0 Å². The van der Waals surface area contributed by atoms with E-state index in [9.17, 15) is 18.0 Å². The first-order valence-electron chi connectivity index (χ1n) is 10.7. The normalized spacial score (nSPS) is 14.3. The highest BCUT2D eigenvalue weighted by atomic mass is 19.4. The van der Waals surface area contributed by atoms with Crippen LogP contribution in [0.3, 0.4) is 0 Å². The average molecular weight is 455 g/mol. The lowest BCUT2D eigenvalue weighted by molar-refractivity contribution is -0.138.